The van der Waals surface area contributed by atoms with E-state index in [0.29, 0.717) is 0 Å². The van der Waals surface area contributed by atoms with Crippen molar-refractivity contribution in [3.63, 3.8) is 0 Å². The maximum absolute atomic E-state index is 12.8. The first-order valence-corrected chi connectivity index (χ1v) is 3.64. The van der Waals surface area contributed by atoms with Gasteiger partial charge in [-0.2, -0.15) is 4.98 Å². The predicted octanol–water partition coefficient (Wildman–Crippen LogP) is 0.673. The molecule has 0 spiro atoms. The topological polar surface area (TPSA) is 58.0 Å². The third-order valence-electron chi connectivity index (χ3n) is 1.12. The molecule has 0 radical (unpaired) electrons. The summed E-state index contributed by atoms with van der Waals surface area (Å²) in [7, 11) is 0. The molecule has 0 aliphatic carbocycles. The first-order chi connectivity index (χ1) is 5.74. The van der Waals surface area contributed by atoms with E-state index in [2.05, 4.69) is 15.3 Å². The highest BCUT2D eigenvalue weighted by atomic mass is 35.5. The molecule has 12 heavy (non-hydrogen) atoms. The predicted molar refractivity (Wildman–Crippen MR) is 42.6 cm³/mol. The quantitative estimate of drug-likeness (QED) is 0.690. The molecule has 0 atom stereocenters. The lowest BCUT2D eigenvalue weighted by molar-refractivity contribution is 0.310. The fraction of sp³-hybridized carbons (Fsp3) is 0.333. The summed E-state index contributed by atoms with van der Waals surface area (Å²) in [5.74, 6) is -0.586. The Labute approximate surface area is 73.4 Å². The van der Waals surface area contributed by atoms with Crippen LogP contribution < -0.4 is 5.32 Å². The highest BCUT2D eigenvalue weighted by Crippen LogP contribution is 2.10. The van der Waals surface area contributed by atoms with Crippen molar-refractivity contribution in [1.29, 1.82) is 0 Å². The van der Waals surface area contributed by atoms with E-state index in [-0.39, 0.29) is 24.3 Å². The fourth-order valence-electron chi connectivity index (χ4n) is 0.644. The van der Waals surface area contributed by atoms with Crippen molar-refractivity contribution in [2.75, 3.05) is 18.5 Å². The number of anilines is 1. The number of aliphatic hydroxyl groups is 1. The summed E-state index contributed by atoms with van der Waals surface area (Å²) in [4.78, 5) is 6.99. The van der Waals surface area contributed by atoms with Crippen molar-refractivity contribution in [2.24, 2.45) is 0 Å². The Hall–Kier alpha value is -0.940. The monoisotopic (exact) mass is 191 g/mol. The Morgan fingerprint density at radius 3 is 3.08 bits per heavy atom. The van der Waals surface area contributed by atoms with Crippen molar-refractivity contribution in [1.82, 2.24) is 9.97 Å². The van der Waals surface area contributed by atoms with Crippen LogP contribution in [0.5, 0.6) is 0 Å². The van der Waals surface area contributed by atoms with Gasteiger partial charge >= 0.3 is 0 Å². The fourth-order valence-corrected chi connectivity index (χ4v) is 0.777. The molecule has 1 aromatic rings. The average molecular weight is 192 g/mol. The third-order valence-corrected chi connectivity index (χ3v) is 1.30. The van der Waals surface area contributed by atoms with Crippen molar-refractivity contribution in [3.05, 3.63) is 17.3 Å². The smallest absolute Gasteiger partial charge is 0.224 e. The molecule has 0 bridgehead atoms. The number of nitrogens with zero attached hydrogens (tertiary/aromatic N) is 2. The molecule has 1 aromatic heterocycles. The second-order valence-corrected chi connectivity index (χ2v) is 2.32. The molecule has 1 rings (SSSR count). The highest BCUT2D eigenvalue weighted by Gasteiger charge is 2.03. The minimum absolute atomic E-state index is 0.00375. The second kappa shape index (κ2) is 4.18. The molecule has 6 heteroatoms. The van der Waals surface area contributed by atoms with Crippen molar-refractivity contribution in [3.8, 4) is 0 Å². The van der Waals surface area contributed by atoms with Crippen LogP contribution in [0.2, 0.25) is 5.28 Å². The lowest BCUT2D eigenvalue weighted by atomic mass is 10.5. The summed E-state index contributed by atoms with van der Waals surface area (Å²) >= 11 is 5.40. The van der Waals surface area contributed by atoms with E-state index in [1.165, 1.54) is 0 Å². The van der Waals surface area contributed by atoms with Gasteiger partial charge < -0.3 is 10.4 Å². The van der Waals surface area contributed by atoms with Gasteiger partial charge in [0.2, 0.25) is 5.28 Å². The number of aliphatic hydroxyl groups excluding tert-OH is 1. The van der Waals surface area contributed by atoms with E-state index in [0.717, 1.165) is 6.20 Å². The molecule has 0 amide bonds. The van der Waals surface area contributed by atoms with Gasteiger partial charge in [-0.1, -0.05) is 0 Å². The Bertz CT molecular complexity index is 271. The molecule has 4 nitrogen and oxygen atoms in total. The highest BCUT2D eigenvalue weighted by molar-refractivity contribution is 6.28. The summed E-state index contributed by atoms with van der Waals surface area (Å²) in [5, 5.41) is 10.9. The first-order valence-electron chi connectivity index (χ1n) is 3.27. The lowest BCUT2D eigenvalue weighted by Gasteiger charge is -2.03. The largest absolute Gasteiger partial charge is 0.395 e. The normalized spacial score (nSPS) is 9.92. The van der Waals surface area contributed by atoms with Crippen LogP contribution in [0, 0.1) is 5.82 Å². The lowest BCUT2D eigenvalue weighted by Crippen LogP contribution is -2.09. The van der Waals surface area contributed by atoms with Crippen LogP contribution in [0.1, 0.15) is 0 Å². The summed E-state index contributed by atoms with van der Waals surface area (Å²) < 4.78 is 12.8. The van der Waals surface area contributed by atoms with Crippen LogP contribution >= 0.6 is 11.6 Å². The molecule has 1 heterocycles. The van der Waals surface area contributed by atoms with Crippen LogP contribution in [-0.4, -0.2) is 28.2 Å². The van der Waals surface area contributed by atoms with Crippen molar-refractivity contribution < 1.29 is 9.50 Å². The van der Waals surface area contributed by atoms with Crippen LogP contribution in [0.15, 0.2) is 6.20 Å². The zero-order chi connectivity index (χ0) is 8.97. The molecule has 0 aromatic carbocycles. The SMILES string of the molecule is OCCNc1nc(Cl)ncc1F. The minimum atomic E-state index is -0.590. The zero-order valence-corrected chi connectivity index (χ0v) is 6.85. The van der Waals surface area contributed by atoms with Gasteiger partial charge in [-0.3, -0.25) is 0 Å². The third kappa shape index (κ3) is 2.28. The van der Waals surface area contributed by atoms with Crippen LogP contribution in [-0.2, 0) is 0 Å². The zero-order valence-electron chi connectivity index (χ0n) is 6.09. The molecule has 0 aliphatic rings. The molecule has 0 fully saturated rings. The van der Waals surface area contributed by atoms with Gasteiger partial charge in [-0.25, -0.2) is 9.37 Å². The maximum atomic E-state index is 12.8. The minimum Gasteiger partial charge on any atom is -0.395 e. The second-order valence-electron chi connectivity index (χ2n) is 1.99. The number of hydrogen-bond acceptors (Lipinski definition) is 4. The number of halogens is 2. The van der Waals surface area contributed by atoms with E-state index in [4.69, 9.17) is 16.7 Å². The molecular formula is C6H7ClFN3O. The number of rotatable bonds is 3. The van der Waals surface area contributed by atoms with Crippen LogP contribution in [0.4, 0.5) is 10.2 Å². The number of hydrogen-bond donors (Lipinski definition) is 2. The standard InChI is InChI=1S/C6H7ClFN3O/c7-6-10-3-4(8)5(11-6)9-1-2-12/h3,12H,1-2H2,(H,9,10,11). The van der Waals surface area contributed by atoms with Gasteiger partial charge in [-0.15, -0.1) is 0 Å². The van der Waals surface area contributed by atoms with E-state index >= 15 is 0 Å². The summed E-state index contributed by atoms with van der Waals surface area (Å²) in [5.41, 5.74) is 0. The van der Waals surface area contributed by atoms with Gasteiger partial charge in [0.05, 0.1) is 12.8 Å². The Morgan fingerprint density at radius 1 is 1.67 bits per heavy atom. The molecule has 0 saturated carbocycles. The molecular weight excluding hydrogens is 185 g/mol. The van der Waals surface area contributed by atoms with Gasteiger partial charge in [-0.05, 0) is 11.6 Å². The van der Waals surface area contributed by atoms with E-state index in [1.807, 2.05) is 0 Å². The molecule has 0 unspecified atom stereocenters. The van der Waals surface area contributed by atoms with Crippen LogP contribution in [0.3, 0.4) is 0 Å². The first kappa shape index (κ1) is 9.15. The Balaban J connectivity index is 2.75. The number of nitrogens with one attached hydrogen (secondary N) is 1. The van der Waals surface area contributed by atoms with Crippen LogP contribution in [0.25, 0.3) is 0 Å². The van der Waals surface area contributed by atoms with Gasteiger partial charge in [0.15, 0.2) is 11.6 Å². The van der Waals surface area contributed by atoms with Crippen molar-refractivity contribution in [2.45, 2.75) is 0 Å². The van der Waals surface area contributed by atoms with E-state index in [1.54, 1.807) is 0 Å². The van der Waals surface area contributed by atoms with E-state index < -0.39 is 5.82 Å². The molecule has 66 valence electrons. The van der Waals surface area contributed by atoms with Gasteiger partial charge in [0.25, 0.3) is 0 Å². The van der Waals surface area contributed by atoms with Gasteiger partial charge in [0.1, 0.15) is 0 Å². The molecule has 2 N–H and O–H groups in total. The molecule has 0 saturated heterocycles. The Kier molecular flexibility index (Phi) is 3.19. The van der Waals surface area contributed by atoms with Crippen molar-refractivity contribution >= 4 is 17.4 Å². The summed E-state index contributed by atoms with van der Waals surface area (Å²) in [6.07, 6.45) is 0.967. The average Bonchev–Trinajstić information content (AvgIpc) is 2.07. The summed E-state index contributed by atoms with van der Waals surface area (Å²) in [6.45, 7) is 0.130. The Morgan fingerprint density at radius 2 is 2.42 bits per heavy atom. The number of aromatic nitrogens is 2. The van der Waals surface area contributed by atoms with E-state index in [9.17, 15) is 4.39 Å². The summed E-state index contributed by atoms with van der Waals surface area (Å²) in [6, 6.07) is 0. The molecule has 0 aliphatic heterocycles. The van der Waals surface area contributed by atoms with Gasteiger partial charge in [0, 0.05) is 6.54 Å². The maximum Gasteiger partial charge on any atom is 0.224 e.